The fraction of sp³-hybridized carbons (Fsp3) is 0.931. The molecule has 1 aliphatic heterocycles. The van der Waals surface area contributed by atoms with Gasteiger partial charge in [-0.05, 0) is 19.3 Å². The zero-order valence-corrected chi connectivity index (χ0v) is 21.9. The highest BCUT2D eigenvalue weighted by Crippen LogP contribution is 2.22. The minimum absolute atomic E-state index is 0.637. The normalized spacial score (nSPS) is 16.0. The van der Waals surface area contributed by atoms with Crippen LogP contribution in [0.25, 0.3) is 0 Å². The van der Waals surface area contributed by atoms with E-state index in [0.29, 0.717) is 6.17 Å². The Labute approximate surface area is 197 Å². The molecule has 0 spiro atoms. The molecule has 1 heterocycles. The summed E-state index contributed by atoms with van der Waals surface area (Å²) in [5.41, 5.74) is 0. The van der Waals surface area contributed by atoms with Crippen LogP contribution >= 0.6 is 0 Å². The summed E-state index contributed by atoms with van der Waals surface area (Å²) in [4.78, 5) is 5.27. The molecule has 0 aromatic rings. The molecule has 1 atom stereocenters. The first-order valence-corrected chi connectivity index (χ1v) is 14.5. The Morgan fingerprint density at radius 2 is 0.742 bits per heavy atom. The Bertz CT molecular complexity index is 392. The van der Waals surface area contributed by atoms with Crippen molar-refractivity contribution in [2.45, 2.75) is 162 Å². The predicted octanol–water partition coefficient (Wildman–Crippen LogP) is 9.65. The van der Waals surface area contributed by atoms with E-state index in [1.807, 2.05) is 0 Å². The Balaban J connectivity index is 2.03. The highest BCUT2D eigenvalue weighted by molar-refractivity contribution is 4.96. The molecular formula is C29H58N2. The van der Waals surface area contributed by atoms with E-state index in [1.54, 1.807) is 0 Å². The van der Waals surface area contributed by atoms with Crippen molar-refractivity contribution in [1.82, 2.24) is 9.80 Å². The molecule has 1 aliphatic rings. The maximum absolute atomic E-state index is 2.64. The molecule has 0 aliphatic carbocycles. The van der Waals surface area contributed by atoms with Crippen molar-refractivity contribution in [3.63, 3.8) is 0 Å². The lowest BCUT2D eigenvalue weighted by Crippen LogP contribution is -2.39. The van der Waals surface area contributed by atoms with Crippen molar-refractivity contribution in [1.29, 1.82) is 0 Å². The van der Waals surface area contributed by atoms with E-state index in [9.17, 15) is 0 Å². The summed E-state index contributed by atoms with van der Waals surface area (Å²) in [6.07, 6.45) is 35.1. The van der Waals surface area contributed by atoms with Crippen LogP contribution in [0.5, 0.6) is 0 Å². The predicted molar refractivity (Wildman–Crippen MR) is 140 cm³/mol. The number of unbranched alkanes of at least 4 members (excludes halogenated alkanes) is 17. The Kier molecular flexibility index (Phi) is 19.4. The average molecular weight is 435 g/mol. The first-order chi connectivity index (χ1) is 15.3. The number of nitrogens with zero attached hydrogens (tertiary/aromatic N) is 2. The maximum atomic E-state index is 2.64. The van der Waals surface area contributed by atoms with Crippen molar-refractivity contribution in [3.8, 4) is 0 Å². The molecule has 0 fully saturated rings. The van der Waals surface area contributed by atoms with Gasteiger partial charge in [-0.1, -0.05) is 136 Å². The molecule has 0 amide bonds. The molecule has 0 bridgehead atoms. The summed E-state index contributed by atoms with van der Waals surface area (Å²) >= 11 is 0. The second-order valence-electron chi connectivity index (χ2n) is 10.1. The van der Waals surface area contributed by atoms with Gasteiger partial charge in [0.05, 0.1) is 0 Å². The van der Waals surface area contributed by atoms with E-state index >= 15 is 0 Å². The first kappa shape index (κ1) is 28.4. The molecule has 0 aromatic heterocycles. The van der Waals surface area contributed by atoms with Gasteiger partial charge in [0.25, 0.3) is 0 Å². The molecule has 1 rings (SSSR count). The third-order valence-electron chi connectivity index (χ3n) is 7.05. The van der Waals surface area contributed by atoms with Gasteiger partial charge in [-0.2, -0.15) is 0 Å². The van der Waals surface area contributed by atoms with E-state index in [4.69, 9.17) is 0 Å². The smallest absolute Gasteiger partial charge is 0.101 e. The number of rotatable bonds is 23. The summed E-state index contributed by atoms with van der Waals surface area (Å²) in [5.74, 6) is 0. The zero-order valence-electron chi connectivity index (χ0n) is 21.9. The van der Waals surface area contributed by atoms with Gasteiger partial charge in [0.2, 0.25) is 0 Å². The van der Waals surface area contributed by atoms with Crippen LogP contribution in [0.4, 0.5) is 0 Å². The van der Waals surface area contributed by atoms with Crippen LogP contribution in [0.15, 0.2) is 12.4 Å². The van der Waals surface area contributed by atoms with Crippen LogP contribution < -0.4 is 0 Å². The van der Waals surface area contributed by atoms with Crippen molar-refractivity contribution in [2.75, 3.05) is 13.1 Å². The molecule has 31 heavy (non-hydrogen) atoms. The van der Waals surface area contributed by atoms with Crippen molar-refractivity contribution < 1.29 is 0 Å². The average Bonchev–Trinajstić information content (AvgIpc) is 3.15. The molecule has 0 N–H and O–H groups in total. The van der Waals surface area contributed by atoms with Crippen LogP contribution in [-0.2, 0) is 0 Å². The van der Waals surface area contributed by atoms with Gasteiger partial charge >= 0.3 is 0 Å². The topological polar surface area (TPSA) is 6.48 Å². The lowest BCUT2D eigenvalue weighted by molar-refractivity contribution is 0.138. The Morgan fingerprint density at radius 3 is 1.06 bits per heavy atom. The quantitative estimate of drug-likeness (QED) is 0.148. The van der Waals surface area contributed by atoms with Gasteiger partial charge in [-0.15, -0.1) is 0 Å². The molecule has 0 saturated heterocycles. The molecule has 2 nitrogen and oxygen atoms in total. The Morgan fingerprint density at radius 1 is 0.419 bits per heavy atom. The monoisotopic (exact) mass is 434 g/mol. The van der Waals surface area contributed by atoms with Crippen LogP contribution in [0.1, 0.15) is 156 Å². The highest BCUT2D eigenvalue weighted by atomic mass is 15.4. The van der Waals surface area contributed by atoms with Crippen LogP contribution in [0.2, 0.25) is 0 Å². The zero-order chi connectivity index (χ0) is 22.4. The second-order valence-corrected chi connectivity index (χ2v) is 10.1. The van der Waals surface area contributed by atoms with Gasteiger partial charge in [0, 0.05) is 25.5 Å². The fourth-order valence-corrected chi connectivity index (χ4v) is 4.98. The molecule has 2 heteroatoms. The van der Waals surface area contributed by atoms with Gasteiger partial charge in [-0.3, -0.25) is 0 Å². The van der Waals surface area contributed by atoms with Gasteiger partial charge in [-0.25, -0.2) is 0 Å². The molecular weight excluding hydrogens is 376 g/mol. The summed E-state index contributed by atoms with van der Waals surface area (Å²) in [7, 11) is 0. The van der Waals surface area contributed by atoms with Gasteiger partial charge in [0.1, 0.15) is 6.17 Å². The lowest BCUT2D eigenvalue weighted by atomic mass is 10.1. The van der Waals surface area contributed by atoms with Crippen LogP contribution in [0, 0.1) is 0 Å². The van der Waals surface area contributed by atoms with Gasteiger partial charge < -0.3 is 9.80 Å². The molecule has 1 unspecified atom stereocenters. The molecule has 184 valence electrons. The van der Waals surface area contributed by atoms with Crippen molar-refractivity contribution >= 4 is 0 Å². The van der Waals surface area contributed by atoms with E-state index in [1.165, 1.54) is 148 Å². The number of hydrogen-bond donors (Lipinski definition) is 0. The highest BCUT2D eigenvalue weighted by Gasteiger charge is 2.24. The third kappa shape index (κ3) is 14.9. The molecule has 0 radical (unpaired) electrons. The minimum Gasteiger partial charge on any atom is -0.356 e. The lowest BCUT2D eigenvalue weighted by Gasteiger charge is -2.33. The van der Waals surface area contributed by atoms with E-state index in [2.05, 4.69) is 43.0 Å². The summed E-state index contributed by atoms with van der Waals surface area (Å²) in [6.45, 7) is 9.45. The first-order valence-electron chi connectivity index (χ1n) is 14.5. The summed E-state index contributed by atoms with van der Waals surface area (Å²) in [6, 6.07) is 0. The van der Waals surface area contributed by atoms with Crippen LogP contribution in [-0.4, -0.2) is 29.1 Å². The van der Waals surface area contributed by atoms with Crippen molar-refractivity contribution in [2.24, 2.45) is 0 Å². The standard InChI is InChI=1S/C29H58N2/c1-4-7-9-11-13-14-15-16-17-19-21-23-26-31-28-27-30(29(31)24-6-3)25-22-20-18-12-10-8-5-2/h27-29H,4-26H2,1-3H3. The largest absolute Gasteiger partial charge is 0.356 e. The second kappa shape index (κ2) is 21.2. The Hall–Kier alpha value is -0.660. The fourth-order valence-electron chi connectivity index (χ4n) is 4.98. The molecule has 0 saturated carbocycles. The minimum atomic E-state index is 0.637. The van der Waals surface area contributed by atoms with Gasteiger partial charge in [0.15, 0.2) is 0 Å². The summed E-state index contributed by atoms with van der Waals surface area (Å²) in [5, 5.41) is 0. The molecule has 0 aromatic carbocycles. The van der Waals surface area contributed by atoms with E-state index < -0.39 is 0 Å². The maximum Gasteiger partial charge on any atom is 0.101 e. The van der Waals surface area contributed by atoms with Crippen LogP contribution in [0.3, 0.4) is 0 Å². The number of hydrogen-bond acceptors (Lipinski definition) is 2. The van der Waals surface area contributed by atoms with Crippen molar-refractivity contribution in [3.05, 3.63) is 12.4 Å². The SMILES string of the molecule is CCCCCCCCCCCCCCN1C=CN(CCCCCCCCC)C1CCC. The third-order valence-corrected chi connectivity index (χ3v) is 7.05. The van der Waals surface area contributed by atoms with E-state index in [-0.39, 0.29) is 0 Å². The summed E-state index contributed by atoms with van der Waals surface area (Å²) < 4.78 is 0. The van der Waals surface area contributed by atoms with E-state index in [0.717, 1.165) is 0 Å².